The Bertz CT molecular complexity index is 983. The number of sulfonamides is 1. The van der Waals surface area contributed by atoms with Crippen molar-refractivity contribution < 1.29 is 31.9 Å². The molecule has 158 valence electrons. The molecule has 3 rings (SSSR count). The fourth-order valence-corrected chi connectivity index (χ4v) is 4.92. The van der Waals surface area contributed by atoms with Crippen LogP contribution in [0.4, 0.5) is 25.4 Å². The quantitative estimate of drug-likeness (QED) is 0.477. The minimum atomic E-state index is -4.45. The van der Waals surface area contributed by atoms with Gasteiger partial charge in [0.1, 0.15) is 17.1 Å². The molecule has 0 bridgehead atoms. The number of nitrogens with zero attached hydrogens (tertiary/aromatic N) is 3. The van der Waals surface area contributed by atoms with E-state index in [1.54, 1.807) is 0 Å². The number of rotatable bonds is 4. The lowest BCUT2D eigenvalue weighted by molar-refractivity contribution is -0.119. The van der Waals surface area contributed by atoms with Crippen molar-refractivity contribution in [1.82, 2.24) is 4.90 Å². The van der Waals surface area contributed by atoms with Crippen molar-refractivity contribution in [3.05, 3.63) is 23.0 Å². The van der Waals surface area contributed by atoms with E-state index < -0.39 is 66.9 Å². The molecular formula is C15H13Cl3FN3O6S. The van der Waals surface area contributed by atoms with Crippen LogP contribution in [-0.4, -0.2) is 61.6 Å². The van der Waals surface area contributed by atoms with Gasteiger partial charge in [0.25, 0.3) is 15.9 Å². The van der Waals surface area contributed by atoms with Gasteiger partial charge < -0.3 is 9.64 Å². The maximum absolute atomic E-state index is 14.6. The molecule has 2 saturated heterocycles. The van der Waals surface area contributed by atoms with Gasteiger partial charge in [0.2, 0.25) is 0 Å². The molecule has 9 nitrogen and oxygen atoms in total. The van der Waals surface area contributed by atoms with Crippen molar-refractivity contribution in [3.63, 3.8) is 0 Å². The summed E-state index contributed by atoms with van der Waals surface area (Å²) in [6.07, 6.45) is -1.17. The van der Waals surface area contributed by atoms with Gasteiger partial charge in [0, 0.05) is 6.54 Å². The molecule has 0 saturated carbocycles. The number of hydrogen-bond donors (Lipinski definition) is 0. The predicted molar refractivity (Wildman–Crippen MR) is 104 cm³/mol. The summed E-state index contributed by atoms with van der Waals surface area (Å²) in [5.41, 5.74) is -1.10. The second-order valence-corrected chi connectivity index (χ2v) is 9.59. The third-order valence-electron chi connectivity index (χ3n) is 4.42. The molecule has 0 unspecified atom stereocenters. The fourth-order valence-electron chi connectivity index (χ4n) is 3.17. The molecule has 29 heavy (non-hydrogen) atoms. The summed E-state index contributed by atoms with van der Waals surface area (Å²) in [6, 6.07) is -0.193. The van der Waals surface area contributed by atoms with Crippen LogP contribution in [0.25, 0.3) is 0 Å². The monoisotopic (exact) mass is 487 g/mol. The van der Waals surface area contributed by atoms with E-state index in [1.165, 1.54) is 4.90 Å². The normalized spacial score (nSPS) is 21.6. The van der Waals surface area contributed by atoms with Crippen LogP contribution in [0.3, 0.4) is 0 Å². The maximum Gasteiger partial charge on any atom is 0.428 e. The van der Waals surface area contributed by atoms with Gasteiger partial charge in [-0.3, -0.25) is 4.79 Å². The molecule has 0 spiro atoms. The molecule has 2 aliphatic rings. The molecule has 4 amide bonds. The minimum Gasteiger partial charge on any atom is -0.452 e. The number of fused-ring (bicyclic) bond motifs is 1. The van der Waals surface area contributed by atoms with E-state index in [9.17, 15) is 27.2 Å². The summed E-state index contributed by atoms with van der Waals surface area (Å²) in [7, 11) is -3.53. The molecule has 2 aliphatic heterocycles. The highest BCUT2D eigenvalue weighted by molar-refractivity contribution is 7.94. The van der Waals surface area contributed by atoms with E-state index in [-0.39, 0.29) is 17.3 Å². The van der Waals surface area contributed by atoms with E-state index in [0.29, 0.717) is 11.0 Å². The first-order chi connectivity index (χ1) is 13.5. The van der Waals surface area contributed by atoms with E-state index in [0.717, 1.165) is 13.2 Å². The number of carbonyl (C=O) groups excluding carboxylic acids is 3. The minimum absolute atomic E-state index is 0.101. The molecule has 2 fully saturated rings. The number of ether oxygens (including phenoxy) is 1. The number of imide groups is 1. The summed E-state index contributed by atoms with van der Waals surface area (Å²) in [4.78, 5) is 39.1. The van der Waals surface area contributed by atoms with Gasteiger partial charge in [-0.05, 0) is 18.6 Å². The lowest BCUT2D eigenvalue weighted by atomic mass is 10.2. The van der Waals surface area contributed by atoms with Crippen molar-refractivity contribution in [1.29, 1.82) is 0 Å². The van der Waals surface area contributed by atoms with E-state index >= 15 is 0 Å². The summed E-state index contributed by atoms with van der Waals surface area (Å²) in [6.45, 7) is 0.101. The van der Waals surface area contributed by atoms with Gasteiger partial charge in [-0.15, -0.1) is 23.2 Å². The van der Waals surface area contributed by atoms with E-state index in [1.807, 2.05) is 0 Å². The summed E-state index contributed by atoms with van der Waals surface area (Å²) in [5.74, 6) is -1.80. The van der Waals surface area contributed by atoms with Crippen molar-refractivity contribution in [2.24, 2.45) is 0 Å². The first-order valence-corrected chi connectivity index (χ1v) is 10.9. The number of methoxy groups -OCH3 is 1. The number of anilines is 2. The van der Waals surface area contributed by atoms with Crippen LogP contribution >= 0.6 is 34.8 Å². The average Bonchev–Trinajstić information content (AvgIpc) is 3.15. The molecule has 2 atom stereocenters. The Morgan fingerprint density at radius 1 is 1.38 bits per heavy atom. The Morgan fingerprint density at radius 2 is 2.03 bits per heavy atom. The number of hydrogen-bond acceptors (Lipinski definition) is 6. The first kappa shape index (κ1) is 21.9. The van der Waals surface area contributed by atoms with Crippen LogP contribution in [0.2, 0.25) is 5.02 Å². The van der Waals surface area contributed by atoms with E-state index in [2.05, 4.69) is 4.74 Å². The second-order valence-electron chi connectivity index (χ2n) is 6.17. The van der Waals surface area contributed by atoms with Gasteiger partial charge in [0.05, 0.1) is 28.9 Å². The van der Waals surface area contributed by atoms with Crippen molar-refractivity contribution >= 4 is 74.2 Å². The zero-order valence-corrected chi connectivity index (χ0v) is 17.7. The Kier molecular flexibility index (Phi) is 5.87. The lowest BCUT2D eigenvalue weighted by Crippen LogP contribution is -2.38. The van der Waals surface area contributed by atoms with E-state index in [4.69, 9.17) is 34.8 Å². The fraction of sp³-hybridized carbons (Fsp3) is 0.400. The Labute approximate surface area is 179 Å². The molecule has 0 aromatic heterocycles. The third kappa shape index (κ3) is 3.60. The number of benzene rings is 1. The van der Waals surface area contributed by atoms with Crippen LogP contribution in [0, 0.1) is 5.82 Å². The van der Waals surface area contributed by atoms with Crippen LogP contribution in [0.1, 0.15) is 6.42 Å². The SMILES string of the molecule is COC(=O)N(c1cc(N2C(=O)[C@H]3C[C@H](Cl)CN3C2=O)c(F)cc1Cl)S(=O)(=O)CCl. The molecule has 1 aromatic rings. The van der Waals surface area contributed by atoms with Gasteiger partial charge in [-0.1, -0.05) is 11.6 Å². The van der Waals surface area contributed by atoms with Crippen LogP contribution < -0.4 is 9.21 Å². The smallest absolute Gasteiger partial charge is 0.428 e. The van der Waals surface area contributed by atoms with Gasteiger partial charge in [-0.25, -0.2) is 27.3 Å². The number of amides is 4. The first-order valence-electron chi connectivity index (χ1n) is 7.98. The number of carbonyl (C=O) groups is 3. The van der Waals surface area contributed by atoms with Gasteiger partial charge >= 0.3 is 12.1 Å². The maximum atomic E-state index is 14.6. The molecule has 14 heteroatoms. The molecule has 0 aliphatic carbocycles. The van der Waals surface area contributed by atoms with Crippen molar-refractivity contribution in [3.8, 4) is 0 Å². The van der Waals surface area contributed by atoms with Gasteiger partial charge in [-0.2, -0.15) is 4.31 Å². The molecule has 1 aromatic carbocycles. The van der Waals surface area contributed by atoms with Crippen LogP contribution in [0.5, 0.6) is 0 Å². The highest BCUT2D eigenvalue weighted by atomic mass is 35.5. The molecular weight excluding hydrogens is 476 g/mol. The number of urea groups is 1. The molecule has 0 radical (unpaired) electrons. The third-order valence-corrected chi connectivity index (χ3v) is 7.05. The summed E-state index contributed by atoms with van der Waals surface area (Å²) in [5, 5.41) is -1.91. The lowest BCUT2D eigenvalue weighted by Gasteiger charge is -2.23. The Morgan fingerprint density at radius 3 is 2.59 bits per heavy atom. The Hall–Kier alpha value is -1.82. The van der Waals surface area contributed by atoms with Gasteiger partial charge in [0.15, 0.2) is 0 Å². The Balaban J connectivity index is 2.13. The van der Waals surface area contributed by atoms with Crippen LogP contribution in [0.15, 0.2) is 12.1 Å². The number of alkyl halides is 2. The summed E-state index contributed by atoms with van der Waals surface area (Å²) >= 11 is 17.3. The topological polar surface area (TPSA) is 104 Å². The molecule has 0 N–H and O–H groups in total. The summed E-state index contributed by atoms with van der Waals surface area (Å²) < 4.78 is 43.7. The standard InChI is InChI=1S/C15H13Cl3FN3O6S/c1-28-15(25)22(29(26,27)6-16)10-4-11(9(19)3-8(10)18)21-13(23)12-2-7(17)5-20(12)14(21)24/h3-4,7,12H,2,5-6H2,1H3/t7-,12+/m0/s1. The second kappa shape index (κ2) is 7.78. The highest BCUT2D eigenvalue weighted by Crippen LogP contribution is 2.39. The van der Waals surface area contributed by atoms with Crippen molar-refractivity contribution in [2.45, 2.75) is 17.8 Å². The van der Waals surface area contributed by atoms with Crippen LogP contribution in [-0.2, 0) is 19.6 Å². The highest BCUT2D eigenvalue weighted by Gasteiger charge is 2.51. The largest absolute Gasteiger partial charge is 0.452 e. The van der Waals surface area contributed by atoms with Crippen molar-refractivity contribution in [2.75, 3.05) is 28.1 Å². The average molecular weight is 489 g/mol. The number of halogens is 4. The zero-order chi connectivity index (χ0) is 21.7. The molecule has 2 heterocycles. The zero-order valence-electron chi connectivity index (χ0n) is 14.6. The predicted octanol–water partition coefficient (Wildman–Crippen LogP) is 2.73.